The minimum atomic E-state index is -0.185. The average molecular weight is 317 g/mol. The number of aromatic nitrogens is 2. The second kappa shape index (κ2) is 3.67. The zero-order valence-corrected chi connectivity index (χ0v) is 11.8. The molecule has 0 fully saturated rings. The molecule has 0 saturated heterocycles. The fourth-order valence-corrected chi connectivity index (χ4v) is 3.03. The van der Waals surface area contributed by atoms with E-state index >= 15 is 0 Å². The van der Waals surface area contributed by atoms with Crippen molar-refractivity contribution in [1.29, 1.82) is 0 Å². The van der Waals surface area contributed by atoms with Crippen LogP contribution in [-0.4, -0.2) is 9.38 Å². The highest BCUT2D eigenvalue weighted by Crippen LogP contribution is 2.37. The predicted molar refractivity (Wildman–Crippen MR) is 75.8 cm³/mol. The second-order valence-electron chi connectivity index (χ2n) is 4.92. The Kier molecular flexibility index (Phi) is 2.16. The van der Waals surface area contributed by atoms with Gasteiger partial charge >= 0.3 is 0 Å². The highest BCUT2D eigenvalue weighted by molar-refractivity contribution is 9.10. The van der Waals surface area contributed by atoms with E-state index in [-0.39, 0.29) is 5.82 Å². The van der Waals surface area contributed by atoms with Crippen LogP contribution in [0.5, 0.6) is 0 Å². The van der Waals surface area contributed by atoms with Crippen molar-refractivity contribution >= 4 is 21.6 Å². The van der Waals surface area contributed by atoms with Crippen molar-refractivity contribution in [3.63, 3.8) is 0 Å². The van der Waals surface area contributed by atoms with E-state index < -0.39 is 0 Å². The van der Waals surface area contributed by atoms with Crippen molar-refractivity contribution in [1.82, 2.24) is 9.38 Å². The molecule has 3 aromatic rings. The summed E-state index contributed by atoms with van der Waals surface area (Å²) < 4.78 is 16.4. The molecule has 1 aliphatic carbocycles. The third-order valence-electron chi connectivity index (χ3n) is 3.68. The lowest BCUT2D eigenvalue weighted by Gasteiger charge is -2.03. The molecule has 19 heavy (non-hydrogen) atoms. The number of hydrogen-bond acceptors (Lipinski definition) is 1. The largest absolute Gasteiger partial charge is 0.302 e. The summed E-state index contributed by atoms with van der Waals surface area (Å²) >= 11 is 3.55. The topological polar surface area (TPSA) is 17.3 Å². The van der Waals surface area contributed by atoms with Gasteiger partial charge in [0.1, 0.15) is 11.5 Å². The zero-order chi connectivity index (χ0) is 13.1. The van der Waals surface area contributed by atoms with Gasteiger partial charge in [-0.15, -0.1) is 0 Å². The summed E-state index contributed by atoms with van der Waals surface area (Å²) in [6, 6.07) is 6.99. The fraction of sp³-hybridized carbons (Fsp3) is 0.133. The summed E-state index contributed by atoms with van der Waals surface area (Å²) in [5.41, 5.74) is 6.29. The van der Waals surface area contributed by atoms with E-state index in [0.29, 0.717) is 0 Å². The highest BCUT2D eigenvalue weighted by Gasteiger charge is 2.24. The van der Waals surface area contributed by atoms with Crippen LogP contribution in [0, 0.1) is 12.7 Å². The molecule has 2 nitrogen and oxygen atoms in total. The molecule has 4 heteroatoms. The lowest BCUT2D eigenvalue weighted by Crippen LogP contribution is -1.93. The lowest BCUT2D eigenvalue weighted by atomic mass is 10.1. The van der Waals surface area contributed by atoms with Gasteiger partial charge in [-0.1, -0.05) is 0 Å². The van der Waals surface area contributed by atoms with Gasteiger partial charge in [0, 0.05) is 22.7 Å². The second-order valence-corrected chi connectivity index (χ2v) is 5.77. The molecule has 0 spiro atoms. The summed E-state index contributed by atoms with van der Waals surface area (Å²) in [7, 11) is 0. The van der Waals surface area contributed by atoms with Gasteiger partial charge in [0.15, 0.2) is 0 Å². The predicted octanol–water partition coefficient (Wildman–Crippen LogP) is 4.12. The monoisotopic (exact) mass is 316 g/mol. The summed E-state index contributed by atoms with van der Waals surface area (Å²) in [5.74, 6) is -0.185. The van der Waals surface area contributed by atoms with Gasteiger partial charge in [-0.2, -0.15) is 0 Å². The van der Waals surface area contributed by atoms with Crippen molar-refractivity contribution in [2.45, 2.75) is 13.3 Å². The molecule has 0 unspecified atom stereocenters. The minimum Gasteiger partial charge on any atom is -0.302 e. The molecule has 1 aliphatic rings. The molecule has 0 bridgehead atoms. The third-order valence-corrected chi connectivity index (χ3v) is 4.51. The standard InChI is InChI=1S/C15H10BrFN2/c1-8-4-14-18-15-11-3-2-10(17)5-9(11)6-13(15)19(14)7-12(8)16/h2-5,7H,6H2,1H3. The van der Waals surface area contributed by atoms with Crippen molar-refractivity contribution < 1.29 is 4.39 Å². The van der Waals surface area contributed by atoms with Gasteiger partial charge in [-0.05, 0) is 58.2 Å². The number of aryl methyl sites for hydroxylation is 1. The van der Waals surface area contributed by atoms with E-state index in [1.165, 1.54) is 6.07 Å². The van der Waals surface area contributed by atoms with Crippen LogP contribution in [0.15, 0.2) is 34.9 Å². The fourth-order valence-electron chi connectivity index (χ4n) is 2.71. The average Bonchev–Trinajstić information content (AvgIpc) is 2.86. The quantitative estimate of drug-likeness (QED) is 0.477. The number of imidazole rings is 1. The smallest absolute Gasteiger partial charge is 0.138 e. The number of pyridine rings is 1. The molecule has 1 aromatic carbocycles. The van der Waals surface area contributed by atoms with E-state index in [9.17, 15) is 4.39 Å². The van der Waals surface area contributed by atoms with Crippen LogP contribution in [0.25, 0.3) is 16.9 Å². The van der Waals surface area contributed by atoms with Crippen molar-refractivity contribution in [3.05, 3.63) is 57.6 Å². The number of benzene rings is 1. The Bertz CT molecular complexity index is 836. The van der Waals surface area contributed by atoms with Gasteiger partial charge < -0.3 is 4.40 Å². The van der Waals surface area contributed by atoms with Crippen molar-refractivity contribution in [2.75, 3.05) is 0 Å². The molecule has 2 aromatic heterocycles. The zero-order valence-electron chi connectivity index (χ0n) is 10.2. The summed E-state index contributed by atoms with van der Waals surface area (Å²) in [6.07, 6.45) is 2.78. The maximum atomic E-state index is 13.3. The molecule has 0 saturated carbocycles. The molecule has 94 valence electrons. The molecular weight excluding hydrogens is 307 g/mol. The first-order valence-electron chi connectivity index (χ1n) is 6.09. The highest BCUT2D eigenvalue weighted by atomic mass is 79.9. The van der Waals surface area contributed by atoms with Gasteiger partial charge in [0.25, 0.3) is 0 Å². The Labute approximate surface area is 118 Å². The number of hydrogen-bond donors (Lipinski definition) is 0. The van der Waals surface area contributed by atoms with Crippen LogP contribution >= 0.6 is 15.9 Å². The Morgan fingerprint density at radius 2 is 2.16 bits per heavy atom. The molecule has 0 N–H and O–H groups in total. The number of halogens is 2. The summed E-state index contributed by atoms with van der Waals surface area (Å²) in [6.45, 7) is 2.05. The first kappa shape index (κ1) is 11.2. The molecule has 0 atom stereocenters. The van der Waals surface area contributed by atoms with Gasteiger partial charge in [0.05, 0.1) is 11.4 Å². The minimum absolute atomic E-state index is 0.185. The van der Waals surface area contributed by atoms with Crippen LogP contribution in [0.2, 0.25) is 0 Å². The molecule has 4 rings (SSSR count). The first-order valence-corrected chi connectivity index (χ1v) is 6.88. The van der Waals surface area contributed by atoms with Crippen LogP contribution in [0.1, 0.15) is 16.8 Å². The summed E-state index contributed by atoms with van der Waals surface area (Å²) in [5, 5.41) is 0. The maximum absolute atomic E-state index is 13.3. The Morgan fingerprint density at radius 1 is 1.32 bits per heavy atom. The van der Waals surface area contributed by atoms with Crippen LogP contribution in [0.3, 0.4) is 0 Å². The first-order chi connectivity index (χ1) is 9.13. The van der Waals surface area contributed by atoms with Gasteiger partial charge in [-0.25, -0.2) is 9.37 Å². The van der Waals surface area contributed by atoms with Gasteiger partial charge in [-0.3, -0.25) is 0 Å². The Hall–Kier alpha value is -1.68. The SMILES string of the molecule is Cc1cc2nc3c(n2cc1Br)Cc1cc(F)ccc1-3. The molecule has 2 heterocycles. The van der Waals surface area contributed by atoms with E-state index in [4.69, 9.17) is 0 Å². The van der Waals surface area contributed by atoms with E-state index in [0.717, 1.165) is 44.6 Å². The summed E-state index contributed by atoms with van der Waals surface area (Å²) in [4.78, 5) is 4.69. The van der Waals surface area contributed by atoms with E-state index in [1.54, 1.807) is 6.07 Å². The molecular formula is C15H10BrFN2. The number of nitrogens with zero attached hydrogens (tertiary/aromatic N) is 2. The van der Waals surface area contributed by atoms with Crippen LogP contribution in [0.4, 0.5) is 4.39 Å². The molecule has 0 amide bonds. The Morgan fingerprint density at radius 3 is 3.00 bits per heavy atom. The lowest BCUT2D eigenvalue weighted by molar-refractivity contribution is 0.626. The van der Waals surface area contributed by atoms with E-state index in [1.807, 2.05) is 19.2 Å². The van der Waals surface area contributed by atoms with Crippen molar-refractivity contribution in [2.24, 2.45) is 0 Å². The van der Waals surface area contributed by atoms with E-state index in [2.05, 4.69) is 31.4 Å². The van der Waals surface area contributed by atoms with Gasteiger partial charge in [0.2, 0.25) is 0 Å². The normalized spacial score (nSPS) is 12.8. The van der Waals surface area contributed by atoms with Crippen molar-refractivity contribution in [3.8, 4) is 11.3 Å². The molecule has 0 aliphatic heterocycles. The molecule has 0 radical (unpaired) electrons. The van der Waals surface area contributed by atoms with Crippen LogP contribution in [-0.2, 0) is 6.42 Å². The maximum Gasteiger partial charge on any atom is 0.138 e. The third kappa shape index (κ3) is 1.49. The van der Waals surface area contributed by atoms with Crippen LogP contribution < -0.4 is 0 Å². The Balaban J connectivity index is 2.04. The number of rotatable bonds is 0. The number of fused-ring (bicyclic) bond motifs is 5.